The molecule has 3 aromatic rings. The number of benzene rings is 2. The molecule has 0 radical (unpaired) electrons. The van der Waals surface area contributed by atoms with Gasteiger partial charge in [-0.05, 0) is 43.9 Å². The Kier molecular flexibility index (Phi) is 7.41. The lowest BCUT2D eigenvalue weighted by Gasteiger charge is -2.08. The molecule has 0 aliphatic carbocycles. The summed E-state index contributed by atoms with van der Waals surface area (Å²) in [7, 11) is 0. The highest BCUT2D eigenvalue weighted by molar-refractivity contribution is 8.00. The largest absolute Gasteiger partial charge is 0.462 e. The van der Waals surface area contributed by atoms with Crippen LogP contribution in [0.4, 0.5) is 0 Å². The van der Waals surface area contributed by atoms with Crippen LogP contribution >= 0.6 is 23.4 Å². The number of H-pyrrole nitrogens is 1. The van der Waals surface area contributed by atoms with Gasteiger partial charge in [0.25, 0.3) is 0 Å². The van der Waals surface area contributed by atoms with Crippen LogP contribution in [0.3, 0.4) is 0 Å². The summed E-state index contributed by atoms with van der Waals surface area (Å²) >= 11 is 7.61. The fraction of sp³-hybridized carbons (Fsp3) is 0.261. The molecule has 3 rings (SSSR count). The third-order valence-corrected chi connectivity index (χ3v) is 6.07. The van der Waals surface area contributed by atoms with E-state index in [0.717, 1.165) is 15.7 Å². The van der Waals surface area contributed by atoms with Crippen molar-refractivity contribution < 1.29 is 23.9 Å². The van der Waals surface area contributed by atoms with Gasteiger partial charge in [-0.2, -0.15) is 0 Å². The third-order valence-electron chi connectivity index (χ3n) is 4.72. The number of aromatic amines is 1. The molecule has 0 atom stereocenters. The van der Waals surface area contributed by atoms with Crippen LogP contribution in [-0.2, 0) is 14.3 Å². The number of hydrogen-bond acceptors (Lipinski definition) is 6. The van der Waals surface area contributed by atoms with Crippen molar-refractivity contribution in [1.82, 2.24) is 4.98 Å². The highest BCUT2D eigenvalue weighted by Crippen LogP contribution is 2.33. The van der Waals surface area contributed by atoms with E-state index in [1.807, 2.05) is 30.3 Å². The van der Waals surface area contributed by atoms with Crippen LogP contribution < -0.4 is 0 Å². The normalized spacial score (nSPS) is 10.8. The number of esters is 2. The van der Waals surface area contributed by atoms with Gasteiger partial charge >= 0.3 is 11.9 Å². The molecule has 1 N–H and O–H groups in total. The predicted molar refractivity (Wildman–Crippen MR) is 121 cm³/mol. The lowest BCUT2D eigenvalue weighted by atomic mass is 10.1. The van der Waals surface area contributed by atoms with E-state index in [4.69, 9.17) is 21.1 Å². The SMILES string of the molecule is CCOC(=O)c1c(C)[nH]c(C(=O)COC(=O)CSc2cccc3cccc(Cl)c23)c1C. The summed E-state index contributed by atoms with van der Waals surface area (Å²) in [6.45, 7) is 4.88. The van der Waals surface area contributed by atoms with E-state index in [1.54, 1.807) is 26.8 Å². The van der Waals surface area contributed by atoms with E-state index in [2.05, 4.69) is 4.98 Å². The first kappa shape index (κ1) is 22.9. The maximum Gasteiger partial charge on any atom is 0.340 e. The average molecular weight is 460 g/mol. The average Bonchev–Trinajstić information content (AvgIpc) is 3.04. The molecule has 0 saturated carbocycles. The fourth-order valence-electron chi connectivity index (χ4n) is 3.32. The second-order valence-corrected chi connectivity index (χ2v) is 8.24. The van der Waals surface area contributed by atoms with Crippen molar-refractivity contribution in [1.29, 1.82) is 0 Å². The Balaban J connectivity index is 1.61. The minimum absolute atomic E-state index is 0.0361. The molecular formula is C23H22ClNO5S. The van der Waals surface area contributed by atoms with Gasteiger partial charge in [0.05, 0.1) is 23.6 Å². The van der Waals surface area contributed by atoms with Crippen LogP contribution in [0.25, 0.3) is 10.8 Å². The molecule has 0 bridgehead atoms. The zero-order valence-corrected chi connectivity index (χ0v) is 19.0. The first-order valence-corrected chi connectivity index (χ1v) is 11.0. The summed E-state index contributed by atoms with van der Waals surface area (Å²) in [4.78, 5) is 40.6. The highest BCUT2D eigenvalue weighted by Gasteiger charge is 2.23. The van der Waals surface area contributed by atoms with E-state index in [-0.39, 0.29) is 18.1 Å². The van der Waals surface area contributed by atoms with E-state index < -0.39 is 24.3 Å². The van der Waals surface area contributed by atoms with Crippen LogP contribution in [0.2, 0.25) is 5.02 Å². The molecule has 1 heterocycles. The van der Waals surface area contributed by atoms with Crippen molar-refractivity contribution in [3.63, 3.8) is 0 Å². The smallest absolute Gasteiger partial charge is 0.340 e. The minimum atomic E-state index is -0.519. The number of ketones is 1. The summed E-state index contributed by atoms with van der Waals surface area (Å²) in [6.07, 6.45) is 0. The minimum Gasteiger partial charge on any atom is -0.462 e. The molecule has 162 valence electrons. The molecule has 0 fully saturated rings. The van der Waals surface area contributed by atoms with Crippen LogP contribution in [-0.4, -0.2) is 41.7 Å². The molecule has 31 heavy (non-hydrogen) atoms. The first-order chi connectivity index (χ1) is 14.8. The maximum atomic E-state index is 12.5. The Morgan fingerprint density at radius 3 is 2.48 bits per heavy atom. The number of halogens is 1. The van der Waals surface area contributed by atoms with Gasteiger partial charge in [-0.15, -0.1) is 11.8 Å². The molecule has 0 aliphatic rings. The zero-order valence-electron chi connectivity index (χ0n) is 17.4. The van der Waals surface area contributed by atoms with E-state index >= 15 is 0 Å². The van der Waals surface area contributed by atoms with Gasteiger partial charge in [0, 0.05) is 21.0 Å². The topological polar surface area (TPSA) is 85.5 Å². The summed E-state index contributed by atoms with van der Waals surface area (Å²) in [5.41, 5.74) is 1.59. The number of thioether (sulfide) groups is 1. The maximum absolute atomic E-state index is 12.5. The van der Waals surface area contributed by atoms with Crippen LogP contribution in [0, 0.1) is 13.8 Å². The van der Waals surface area contributed by atoms with Gasteiger partial charge < -0.3 is 14.5 Å². The molecule has 0 aliphatic heterocycles. The van der Waals surface area contributed by atoms with Crippen molar-refractivity contribution in [2.75, 3.05) is 19.0 Å². The molecule has 8 heteroatoms. The van der Waals surface area contributed by atoms with Crippen molar-refractivity contribution >= 4 is 51.9 Å². The lowest BCUT2D eigenvalue weighted by Crippen LogP contribution is -2.16. The van der Waals surface area contributed by atoms with Gasteiger partial charge in [-0.25, -0.2) is 4.79 Å². The van der Waals surface area contributed by atoms with E-state index in [9.17, 15) is 14.4 Å². The molecule has 0 saturated heterocycles. The monoisotopic (exact) mass is 459 g/mol. The van der Waals surface area contributed by atoms with E-state index in [0.29, 0.717) is 21.8 Å². The molecule has 0 unspecified atom stereocenters. The predicted octanol–water partition coefficient (Wildman–Crippen LogP) is 5.13. The number of ether oxygens (including phenoxy) is 2. The second kappa shape index (κ2) is 10.0. The first-order valence-electron chi connectivity index (χ1n) is 9.68. The van der Waals surface area contributed by atoms with Gasteiger partial charge in [-0.3, -0.25) is 9.59 Å². The quantitative estimate of drug-likeness (QED) is 0.285. The second-order valence-electron chi connectivity index (χ2n) is 6.81. The molecular weight excluding hydrogens is 438 g/mol. The fourth-order valence-corrected chi connectivity index (χ4v) is 4.56. The summed E-state index contributed by atoms with van der Waals surface area (Å²) < 4.78 is 10.2. The van der Waals surface area contributed by atoms with Gasteiger partial charge in [0.1, 0.15) is 0 Å². The number of hydrogen-bond donors (Lipinski definition) is 1. The Bertz CT molecular complexity index is 1150. The Labute approximate surface area is 189 Å². The zero-order chi connectivity index (χ0) is 22.5. The Hall–Kier alpha value is -2.77. The van der Waals surface area contributed by atoms with E-state index in [1.165, 1.54) is 11.8 Å². The number of rotatable bonds is 8. The molecule has 0 amide bonds. The lowest BCUT2D eigenvalue weighted by molar-refractivity contribution is -0.139. The number of aromatic nitrogens is 1. The standard InChI is InChI=1S/C23H22ClNO5S/c1-4-29-23(28)20-13(2)22(25-14(20)3)17(26)11-30-19(27)12-31-18-10-6-8-15-7-5-9-16(24)21(15)18/h5-10,25H,4,11-12H2,1-3H3. The van der Waals surface area contributed by atoms with Crippen LogP contribution in [0.5, 0.6) is 0 Å². The number of nitrogens with one attached hydrogen (secondary N) is 1. The van der Waals surface area contributed by atoms with Gasteiger partial charge in [-0.1, -0.05) is 35.9 Å². The number of carbonyl (C=O) groups excluding carboxylic acids is 3. The summed E-state index contributed by atoms with van der Waals surface area (Å²) in [5.74, 6) is -1.39. The molecule has 6 nitrogen and oxygen atoms in total. The summed E-state index contributed by atoms with van der Waals surface area (Å²) in [6, 6.07) is 11.4. The third kappa shape index (κ3) is 5.11. The summed E-state index contributed by atoms with van der Waals surface area (Å²) in [5, 5.41) is 2.47. The van der Waals surface area contributed by atoms with Crippen LogP contribution in [0.15, 0.2) is 41.3 Å². The van der Waals surface area contributed by atoms with Gasteiger partial charge in [0.2, 0.25) is 5.78 Å². The van der Waals surface area contributed by atoms with Crippen molar-refractivity contribution in [3.05, 3.63) is 63.9 Å². The molecule has 1 aromatic heterocycles. The van der Waals surface area contributed by atoms with Crippen molar-refractivity contribution in [2.24, 2.45) is 0 Å². The molecule has 0 spiro atoms. The molecule has 2 aromatic carbocycles. The number of Topliss-reactive ketones (excluding diaryl/α,β-unsaturated/α-hetero) is 1. The number of aryl methyl sites for hydroxylation is 1. The van der Waals surface area contributed by atoms with Crippen molar-refractivity contribution in [2.45, 2.75) is 25.7 Å². The number of fused-ring (bicyclic) bond motifs is 1. The van der Waals surface area contributed by atoms with Crippen LogP contribution in [0.1, 0.15) is 39.0 Å². The Morgan fingerprint density at radius 1 is 1.06 bits per heavy atom. The van der Waals surface area contributed by atoms with Crippen molar-refractivity contribution in [3.8, 4) is 0 Å². The Morgan fingerprint density at radius 2 is 1.77 bits per heavy atom. The highest BCUT2D eigenvalue weighted by atomic mass is 35.5. The van der Waals surface area contributed by atoms with Gasteiger partial charge in [0.15, 0.2) is 6.61 Å². The number of carbonyl (C=O) groups is 3.